The molecule has 0 aliphatic rings. The largest absolute Gasteiger partial charge is 0.390 e. The van der Waals surface area contributed by atoms with E-state index in [1.165, 1.54) is 12.1 Å². The predicted octanol–water partition coefficient (Wildman–Crippen LogP) is 5.06. The molecule has 0 aliphatic heterocycles. The highest BCUT2D eigenvalue weighted by Crippen LogP contribution is 2.27. The van der Waals surface area contributed by atoms with Crippen molar-refractivity contribution in [3.05, 3.63) is 116 Å². The number of thiol groups is 1. The van der Waals surface area contributed by atoms with E-state index in [-0.39, 0.29) is 17.8 Å². The van der Waals surface area contributed by atoms with Gasteiger partial charge < -0.3 is 14.9 Å². The topological polar surface area (TPSA) is 136 Å². The van der Waals surface area contributed by atoms with E-state index < -0.39 is 33.6 Å². The van der Waals surface area contributed by atoms with Gasteiger partial charge in [0.15, 0.2) is 0 Å². The number of ether oxygens (including phenoxy) is 1. The van der Waals surface area contributed by atoms with Crippen LogP contribution >= 0.6 is 12.6 Å². The lowest BCUT2D eigenvalue weighted by Gasteiger charge is -2.29. The van der Waals surface area contributed by atoms with Gasteiger partial charge in [-0.2, -0.15) is 0 Å². The molecule has 4 atom stereocenters. The molecule has 3 aromatic carbocycles. The minimum Gasteiger partial charge on any atom is -0.390 e. The third kappa shape index (κ3) is 8.91. The Bertz CT molecular complexity index is 1180. The Morgan fingerprint density at radius 3 is 2.00 bits per heavy atom. The van der Waals surface area contributed by atoms with Gasteiger partial charge >= 0.3 is 0 Å². The van der Waals surface area contributed by atoms with E-state index >= 15 is 0 Å². The monoisotopic (exact) mass is 540 g/mol. The Hall–Kier alpha value is -3.31. The Morgan fingerprint density at radius 2 is 1.42 bits per heavy atom. The zero-order chi connectivity index (χ0) is 27.5. The Balaban J connectivity index is 1.58. The number of aliphatic hydroxyl groups is 2. The molecule has 0 aliphatic carbocycles. The average Bonchev–Trinajstić information content (AvgIpc) is 2.91. The zero-order valence-electron chi connectivity index (χ0n) is 20.8. The van der Waals surface area contributed by atoms with Crippen molar-refractivity contribution in [3.8, 4) is 0 Å². The Morgan fingerprint density at radius 1 is 0.816 bits per heavy atom. The summed E-state index contributed by atoms with van der Waals surface area (Å²) >= 11 is 4.55. The molecule has 38 heavy (non-hydrogen) atoms. The van der Waals surface area contributed by atoms with Gasteiger partial charge in [-0.3, -0.25) is 20.2 Å². The molecule has 0 radical (unpaired) electrons. The molecular weight excluding hydrogens is 508 g/mol. The maximum absolute atomic E-state index is 11.3. The summed E-state index contributed by atoms with van der Waals surface area (Å²) in [5.74, 6) is 0. The molecule has 3 rings (SSSR count). The van der Waals surface area contributed by atoms with Gasteiger partial charge in [-0.05, 0) is 42.9 Å². The lowest BCUT2D eigenvalue weighted by Crippen LogP contribution is -2.42. The van der Waals surface area contributed by atoms with Crippen LogP contribution in [0.3, 0.4) is 0 Å². The number of nitro benzene ring substituents is 2. The highest BCUT2D eigenvalue weighted by molar-refractivity contribution is 7.80. The van der Waals surface area contributed by atoms with Crippen molar-refractivity contribution in [2.24, 2.45) is 0 Å². The summed E-state index contributed by atoms with van der Waals surface area (Å²) in [5, 5.41) is 44.0. The van der Waals surface area contributed by atoms with E-state index in [0.29, 0.717) is 37.7 Å². The molecule has 0 aromatic heterocycles. The highest BCUT2D eigenvalue weighted by Gasteiger charge is 2.29. The van der Waals surface area contributed by atoms with E-state index in [2.05, 4.69) is 12.6 Å². The minimum absolute atomic E-state index is 0.267. The van der Waals surface area contributed by atoms with Gasteiger partial charge in [0.2, 0.25) is 0 Å². The second-order valence-electron chi connectivity index (χ2n) is 9.14. The second kappa shape index (κ2) is 14.6. The molecular formula is C28H32N2O7S. The standard InChI is InChI=1S/C28H32N2O7S/c31-25(17-20-9-3-1-4-10-20)28(32)26(18-21-11-5-2-6-12-21)37-27(38)14-8-7-13-22-15-16-23(29(33)34)19-24(22)30(35)36/h1-6,9-12,15-16,19,25-28,31-32,38H,7-8,13-14,17-18H2. The van der Waals surface area contributed by atoms with Gasteiger partial charge in [-0.1, -0.05) is 60.7 Å². The van der Waals surface area contributed by atoms with Crippen LogP contribution in [-0.4, -0.2) is 43.8 Å². The number of nitrogens with zero attached hydrogens (tertiary/aromatic N) is 2. The average molecular weight is 541 g/mol. The van der Waals surface area contributed by atoms with Crippen LogP contribution in [0.15, 0.2) is 78.9 Å². The predicted molar refractivity (Wildman–Crippen MR) is 147 cm³/mol. The normalized spacial score (nSPS) is 14.4. The van der Waals surface area contributed by atoms with Crippen molar-refractivity contribution in [2.75, 3.05) is 0 Å². The van der Waals surface area contributed by atoms with Gasteiger partial charge in [0.1, 0.15) is 11.5 Å². The van der Waals surface area contributed by atoms with Crippen molar-refractivity contribution in [1.82, 2.24) is 0 Å². The zero-order valence-corrected chi connectivity index (χ0v) is 21.7. The summed E-state index contributed by atoms with van der Waals surface area (Å²) in [6.07, 6.45) is -0.111. The fourth-order valence-electron chi connectivity index (χ4n) is 4.27. The van der Waals surface area contributed by atoms with Gasteiger partial charge in [-0.25, -0.2) is 0 Å². The van der Waals surface area contributed by atoms with Gasteiger partial charge in [0, 0.05) is 24.5 Å². The second-order valence-corrected chi connectivity index (χ2v) is 9.72. The van der Waals surface area contributed by atoms with Crippen molar-refractivity contribution in [2.45, 2.75) is 62.3 Å². The number of hydrogen-bond acceptors (Lipinski definition) is 8. The first-order valence-electron chi connectivity index (χ1n) is 12.4. The molecule has 4 unspecified atom stereocenters. The SMILES string of the molecule is O=[N+]([O-])c1ccc(CCCCC(S)OC(Cc2ccccc2)C(O)C(O)Cc2ccccc2)c([N+](=O)[O-])c1. The quantitative estimate of drug-likeness (QED) is 0.0805. The molecule has 9 nitrogen and oxygen atoms in total. The number of non-ortho nitro benzene ring substituents is 1. The number of benzene rings is 3. The van der Waals surface area contributed by atoms with Crippen LogP contribution in [0.5, 0.6) is 0 Å². The van der Waals surface area contributed by atoms with Crippen LogP contribution in [0.1, 0.15) is 36.0 Å². The highest BCUT2D eigenvalue weighted by atomic mass is 32.1. The molecule has 0 spiro atoms. The molecule has 10 heteroatoms. The van der Waals surface area contributed by atoms with E-state index in [9.17, 15) is 30.4 Å². The maximum Gasteiger partial charge on any atom is 0.279 e. The number of rotatable bonds is 15. The number of hydrogen-bond donors (Lipinski definition) is 3. The molecule has 0 amide bonds. The lowest BCUT2D eigenvalue weighted by molar-refractivity contribution is -0.394. The fraction of sp³-hybridized carbons (Fsp3) is 0.357. The Kier molecular flexibility index (Phi) is 11.2. The molecule has 2 N–H and O–H groups in total. The van der Waals surface area contributed by atoms with Crippen molar-refractivity contribution >= 4 is 24.0 Å². The van der Waals surface area contributed by atoms with E-state index in [4.69, 9.17) is 4.74 Å². The first-order chi connectivity index (χ1) is 18.2. The fourth-order valence-corrected chi connectivity index (χ4v) is 4.61. The molecule has 0 bridgehead atoms. The van der Waals surface area contributed by atoms with E-state index in [1.807, 2.05) is 60.7 Å². The summed E-state index contributed by atoms with van der Waals surface area (Å²) in [6, 6.07) is 22.6. The molecule has 202 valence electrons. The lowest BCUT2D eigenvalue weighted by atomic mass is 9.96. The molecule has 0 fully saturated rings. The smallest absolute Gasteiger partial charge is 0.279 e. The van der Waals surface area contributed by atoms with E-state index in [0.717, 1.165) is 17.2 Å². The van der Waals surface area contributed by atoms with Crippen LogP contribution in [0.2, 0.25) is 0 Å². The maximum atomic E-state index is 11.3. The van der Waals surface area contributed by atoms with Gasteiger partial charge in [0.05, 0.1) is 28.1 Å². The van der Waals surface area contributed by atoms with Crippen molar-refractivity contribution in [3.63, 3.8) is 0 Å². The number of unbranched alkanes of at least 4 members (excludes halogenated alkanes) is 1. The van der Waals surface area contributed by atoms with Crippen LogP contribution < -0.4 is 0 Å². The van der Waals surface area contributed by atoms with Gasteiger partial charge in [-0.15, -0.1) is 12.6 Å². The number of aliphatic hydroxyl groups excluding tert-OH is 2. The Labute approximate surface area is 226 Å². The summed E-state index contributed by atoms with van der Waals surface area (Å²) in [7, 11) is 0. The first-order valence-corrected chi connectivity index (χ1v) is 13.0. The third-order valence-electron chi connectivity index (χ3n) is 6.30. The van der Waals surface area contributed by atoms with Crippen LogP contribution in [0.25, 0.3) is 0 Å². The minimum atomic E-state index is -1.15. The number of nitro groups is 2. The molecule has 3 aromatic rings. The van der Waals surface area contributed by atoms with Crippen LogP contribution in [0, 0.1) is 20.2 Å². The summed E-state index contributed by atoms with van der Waals surface area (Å²) < 4.78 is 6.10. The van der Waals surface area contributed by atoms with Crippen LogP contribution in [-0.2, 0) is 24.0 Å². The van der Waals surface area contributed by atoms with Gasteiger partial charge in [0.25, 0.3) is 11.4 Å². The molecule has 0 saturated heterocycles. The molecule has 0 heterocycles. The van der Waals surface area contributed by atoms with Crippen molar-refractivity contribution < 1.29 is 24.8 Å². The summed E-state index contributed by atoms with van der Waals surface area (Å²) in [6.45, 7) is 0. The molecule has 0 saturated carbocycles. The number of aryl methyl sites for hydroxylation is 1. The summed E-state index contributed by atoms with van der Waals surface area (Å²) in [4.78, 5) is 21.0. The first kappa shape index (κ1) is 29.2. The van der Waals surface area contributed by atoms with Crippen molar-refractivity contribution in [1.29, 1.82) is 0 Å². The summed E-state index contributed by atoms with van der Waals surface area (Å²) in [5.41, 5.74) is 1.17. The third-order valence-corrected chi connectivity index (χ3v) is 6.68. The van der Waals surface area contributed by atoms with Crippen LogP contribution in [0.4, 0.5) is 11.4 Å². The van der Waals surface area contributed by atoms with E-state index in [1.54, 1.807) is 0 Å².